The lowest BCUT2D eigenvalue weighted by Crippen LogP contribution is -2.51. The molecule has 0 bridgehead atoms. The van der Waals surface area contributed by atoms with Gasteiger partial charge in [0, 0.05) is 37.8 Å². The largest absolute Gasteiger partial charge is 0.450 e. The molecule has 1 aromatic rings. The van der Waals surface area contributed by atoms with Crippen molar-refractivity contribution in [3.8, 4) is 0 Å². The number of amides is 2. The maximum absolute atomic E-state index is 12.7. The van der Waals surface area contributed by atoms with Crippen molar-refractivity contribution >= 4 is 17.7 Å². The Hall–Kier alpha value is -2.08. The monoisotopic (exact) mass is 471 g/mol. The van der Waals surface area contributed by atoms with Crippen LogP contribution in [-0.4, -0.2) is 67.2 Å². The zero-order chi connectivity index (χ0) is 24.7. The smallest absolute Gasteiger partial charge is 0.409 e. The molecule has 3 atom stereocenters. The van der Waals surface area contributed by atoms with Crippen LogP contribution < -0.4 is 4.90 Å². The SMILES string of the molecule is CCCC1CC(N2CCC(CCC(=O)N(C)c3ccccc3)CC2)CC1(C)N(C)C(=O)OCC. The molecule has 34 heavy (non-hydrogen) atoms. The number of hydrogen-bond donors (Lipinski definition) is 0. The van der Waals surface area contributed by atoms with E-state index in [0.717, 1.165) is 63.7 Å². The molecule has 1 saturated carbocycles. The van der Waals surface area contributed by atoms with Crippen molar-refractivity contribution in [2.24, 2.45) is 11.8 Å². The summed E-state index contributed by atoms with van der Waals surface area (Å²) in [5, 5.41) is 0. The third-order valence-corrected chi connectivity index (χ3v) is 8.48. The Labute approximate surface area is 206 Å². The predicted molar refractivity (Wildman–Crippen MR) is 138 cm³/mol. The lowest BCUT2D eigenvalue weighted by Gasteiger charge is -2.40. The number of carbonyl (C=O) groups is 2. The first-order chi connectivity index (χ1) is 16.3. The molecule has 0 aromatic heterocycles. The van der Waals surface area contributed by atoms with Crippen LogP contribution in [0.2, 0.25) is 0 Å². The van der Waals surface area contributed by atoms with E-state index in [1.54, 1.807) is 4.90 Å². The van der Waals surface area contributed by atoms with Crippen molar-refractivity contribution in [1.82, 2.24) is 9.80 Å². The van der Waals surface area contributed by atoms with E-state index < -0.39 is 0 Å². The van der Waals surface area contributed by atoms with Gasteiger partial charge in [-0.25, -0.2) is 4.79 Å². The van der Waals surface area contributed by atoms with Gasteiger partial charge in [-0.1, -0.05) is 31.5 Å². The molecule has 1 aromatic carbocycles. The van der Waals surface area contributed by atoms with Gasteiger partial charge >= 0.3 is 6.09 Å². The number of nitrogens with zero attached hydrogens (tertiary/aromatic N) is 3. The Balaban J connectivity index is 1.50. The van der Waals surface area contributed by atoms with Crippen LogP contribution in [0.25, 0.3) is 0 Å². The molecule has 3 unspecified atom stereocenters. The van der Waals surface area contributed by atoms with Crippen molar-refractivity contribution in [2.75, 3.05) is 38.7 Å². The summed E-state index contributed by atoms with van der Waals surface area (Å²) in [5.74, 6) is 1.32. The van der Waals surface area contributed by atoms with Gasteiger partial charge < -0.3 is 19.4 Å². The molecule has 2 aliphatic rings. The van der Waals surface area contributed by atoms with Crippen LogP contribution in [0.1, 0.15) is 72.1 Å². The Kier molecular flexibility index (Phi) is 9.40. The van der Waals surface area contributed by atoms with Gasteiger partial charge in [0.15, 0.2) is 0 Å². The third kappa shape index (κ3) is 6.12. The van der Waals surface area contributed by atoms with E-state index in [2.05, 4.69) is 18.7 Å². The summed E-state index contributed by atoms with van der Waals surface area (Å²) >= 11 is 0. The average molecular weight is 472 g/mol. The molecule has 1 heterocycles. The van der Waals surface area contributed by atoms with Gasteiger partial charge in [0.25, 0.3) is 0 Å². The molecule has 2 amide bonds. The second kappa shape index (κ2) is 12.1. The van der Waals surface area contributed by atoms with E-state index in [0.29, 0.717) is 30.9 Å². The fraction of sp³-hybridized carbons (Fsp3) is 0.714. The second-order valence-electron chi connectivity index (χ2n) is 10.5. The standard InChI is InChI=1S/C28H45N3O3/c1-6-11-23-20-25(21-28(23,3)30(5)27(33)34-7-2)31-18-16-22(17-19-31)14-15-26(32)29(4)24-12-9-8-10-13-24/h8-10,12-13,22-23,25H,6-7,11,14-21H2,1-5H3. The lowest BCUT2D eigenvalue weighted by atomic mass is 9.84. The van der Waals surface area contributed by atoms with E-state index in [-0.39, 0.29) is 17.5 Å². The summed E-state index contributed by atoms with van der Waals surface area (Å²) in [6.07, 6.45) is 8.13. The topological polar surface area (TPSA) is 53.1 Å². The van der Waals surface area contributed by atoms with Gasteiger partial charge in [0.1, 0.15) is 0 Å². The maximum atomic E-state index is 12.7. The Morgan fingerprint density at radius 2 is 1.76 bits per heavy atom. The van der Waals surface area contributed by atoms with E-state index in [1.165, 1.54) is 0 Å². The normalized spacial score (nSPS) is 25.8. The van der Waals surface area contributed by atoms with Crippen LogP contribution in [-0.2, 0) is 9.53 Å². The molecule has 0 spiro atoms. The van der Waals surface area contributed by atoms with Crippen LogP contribution >= 0.6 is 0 Å². The van der Waals surface area contributed by atoms with Crippen molar-refractivity contribution < 1.29 is 14.3 Å². The average Bonchev–Trinajstić information content (AvgIpc) is 3.20. The third-order valence-electron chi connectivity index (χ3n) is 8.48. The number of likely N-dealkylation sites (tertiary alicyclic amines) is 1. The molecule has 2 fully saturated rings. The van der Waals surface area contributed by atoms with Gasteiger partial charge in [-0.3, -0.25) is 4.79 Å². The molecule has 1 aliphatic carbocycles. The molecular weight excluding hydrogens is 426 g/mol. The summed E-state index contributed by atoms with van der Waals surface area (Å²) in [4.78, 5) is 31.5. The number of carbonyl (C=O) groups excluding carboxylic acids is 2. The number of hydrogen-bond acceptors (Lipinski definition) is 4. The highest BCUT2D eigenvalue weighted by Crippen LogP contribution is 2.45. The first-order valence-electron chi connectivity index (χ1n) is 13.3. The van der Waals surface area contributed by atoms with Gasteiger partial charge in [-0.15, -0.1) is 0 Å². The highest BCUT2D eigenvalue weighted by atomic mass is 16.6. The molecule has 1 saturated heterocycles. The highest BCUT2D eigenvalue weighted by Gasteiger charge is 2.49. The minimum absolute atomic E-state index is 0.155. The highest BCUT2D eigenvalue weighted by molar-refractivity contribution is 5.92. The zero-order valence-electron chi connectivity index (χ0n) is 22.0. The number of para-hydroxylation sites is 1. The van der Waals surface area contributed by atoms with Gasteiger partial charge in [0.2, 0.25) is 5.91 Å². The Morgan fingerprint density at radius 1 is 1.09 bits per heavy atom. The molecule has 190 valence electrons. The van der Waals surface area contributed by atoms with E-state index >= 15 is 0 Å². The second-order valence-corrected chi connectivity index (χ2v) is 10.5. The van der Waals surface area contributed by atoms with Crippen LogP contribution in [0.5, 0.6) is 0 Å². The maximum Gasteiger partial charge on any atom is 0.409 e. The van der Waals surface area contributed by atoms with E-state index in [1.807, 2.05) is 56.3 Å². The van der Waals surface area contributed by atoms with Crippen LogP contribution in [0.3, 0.4) is 0 Å². The number of ether oxygens (including phenoxy) is 1. The Morgan fingerprint density at radius 3 is 2.38 bits per heavy atom. The van der Waals surface area contributed by atoms with E-state index in [4.69, 9.17) is 4.74 Å². The predicted octanol–water partition coefficient (Wildman–Crippen LogP) is 5.57. The minimum atomic E-state index is -0.199. The number of piperidine rings is 1. The molecular formula is C28H45N3O3. The van der Waals surface area contributed by atoms with Gasteiger partial charge in [0.05, 0.1) is 6.61 Å². The van der Waals surface area contributed by atoms with Crippen molar-refractivity contribution in [1.29, 1.82) is 0 Å². The van der Waals surface area contributed by atoms with Crippen molar-refractivity contribution in [3.63, 3.8) is 0 Å². The van der Waals surface area contributed by atoms with Gasteiger partial charge in [-0.2, -0.15) is 0 Å². The summed E-state index contributed by atoms with van der Waals surface area (Å²) in [7, 11) is 3.79. The fourth-order valence-corrected chi connectivity index (χ4v) is 6.10. The van der Waals surface area contributed by atoms with Gasteiger partial charge in [-0.05, 0) is 89.4 Å². The minimum Gasteiger partial charge on any atom is -0.450 e. The summed E-state index contributed by atoms with van der Waals surface area (Å²) < 4.78 is 5.34. The van der Waals surface area contributed by atoms with E-state index in [9.17, 15) is 9.59 Å². The quantitative estimate of drug-likeness (QED) is 0.473. The molecule has 0 radical (unpaired) electrons. The molecule has 0 N–H and O–H groups in total. The Bertz CT molecular complexity index is 793. The molecule has 6 heteroatoms. The number of rotatable bonds is 9. The summed E-state index contributed by atoms with van der Waals surface area (Å²) in [6.45, 7) is 8.96. The molecule has 6 nitrogen and oxygen atoms in total. The summed E-state index contributed by atoms with van der Waals surface area (Å²) in [5.41, 5.74) is 0.805. The lowest BCUT2D eigenvalue weighted by molar-refractivity contribution is -0.118. The zero-order valence-corrected chi connectivity index (χ0v) is 22.0. The van der Waals surface area contributed by atoms with Crippen LogP contribution in [0.15, 0.2) is 30.3 Å². The van der Waals surface area contributed by atoms with Crippen molar-refractivity contribution in [2.45, 2.75) is 83.7 Å². The van der Waals surface area contributed by atoms with Crippen LogP contribution in [0.4, 0.5) is 10.5 Å². The first kappa shape index (κ1) is 26.5. The number of benzene rings is 1. The summed E-state index contributed by atoms with van der Waals surface area (Å²) in [6, 6.07) is 10.4. The molecule has 1 aliphatic heterocycles. The molecule has 3 rings (SSSR count). The van der Waals surface area contributed by atoms with Crippen molar-refractivity contribution in [3.05, 3.63) is 30.3 Å². The fourth-order valence-electron chi connectivity index (χ4n) is 6.10. The first-order valence-corrected chi connectivity index (χ1v) is 13.3. The number of anilines is 1. The van der Waals surface area contributed by atoms with Crippen LogP contribution in [0, 0.1) is 11.8 Å².